The van der Waals surface area contributed by atoms with Crippen LogP contribution in [0.1, 0.15) is 77.3 Å². The first-order valence-corrected chi connectivity index (χ1v) is 18.9. The van der Waals surface area contributed by atoms with Gasteiger partial charge in [0, 0.05) is 77.3 Å². The van der Waals surface area contributed by atoms with E-state index in [0.717, 1.165) is 17.0 Å². The van der Waals surface area contributed by atoms with Gasteiger partial charge in [-0.3, -0.25) is 9.69 Å². The molecule has 298 valence electrons. The predicted molar refractivity (Wildman–Crippen MR) is 189 cm³/mol. The molecule has 2 fully saturated rings. The number of likely N-dealkylation sites (tertiary alicyclic amines) is 2. The zero-order chi connectivity index (χ0) is 39.9. The van der Waals surface area contributed by atoms with Crippen LogP contribution in [0.4, 0.5) is 27.2 Å². The van der Waals surface area contributed by atoms with Gasteiger partial charge in [0.1, 0.15) is 40.7 Å². The van der Waals surface area contributed by atoms with Gasteiger partial charge < -0.3 is 31.6 Å². The zero-order valence-electron chi connectivity index (χ0n) is 32.9. The van der Waals surface area contributed by atoms with Crippen LogP contribution in [0.25, 0.3) is 0 Å². The summed E-state index contributed by atoms with van der Waals surface area (Å²) in [6.07, 6.45) is -2.12. The van der Waals surface area contributed by atoms with E-state index in [1.54, 1.807) is 55.8 Å². The number of imide groups is 1. The third-order valence-electron chi connectivity index (χ3n) is 7.57. The van der Waals surface area contributed by atoms with Gasteiger partial charge in [0.25, 0.3) is 0 Å². The van der Waals surface area contributed by atoms with Gasteiger partial charge in [0.15, 0.2) is 0 Å². The predicted octanol–water partition coefficient (Wildman–Crippen LogP) is 2.54. The molecular weight excluding hydrogens is 746 g/mol. The molecule has 12 nitrogen and oxygen atoms in total. The van der Waals surface area contributed by atoms with Crippen molar-refractivity contribution in [2.45, 2.75) is 83.6 Å². The van der Waals surface area contributed by atoms with Crippen LogP contribution in [0.15, 0.2) is 36.4 Å². The Balaban J connectivity index is 0.000000423. The number of ether oxygens (including phenoxy) is 4. The number of benzene rings is 2. The van der Waals surface area contributed by atoms with E-state index in [0.29, 0.717) is 37.6 Å². The van der Waals surface area contributed by atoms with Crippen molar-refractivity contribution in [3.05, 3.63) is 70.8 Å². The largest absolute Gasteiger partial charge is 1.00 e. The van der Waals surface area contributed by atoms with Crippen molar-refractivity contribution in [3.8, 4) is 0 Å². The van der Waals surface area contributed by atoms with E-state index in [1.807, 2.05) is 0 Å². The normalized spacial score (nSPS) is 18.2. The molecule has 18 heteroatoms. The summed E-state index contributed by atoms with van der Waals surface area (Å²) in [6.45, 7) is 13.1. The summed E-state index contributed by atoms with van der Waals surface area (Å²) in [5.74, 6) is -3.89. The van der Waals surface area contributed by atoms with Crippen LogP contribution in [0, 0.1) is 23.3 Å². The van der Waals surface area contributed by atoms with E-state index < -0.39 is 80.6 Å². The van der Waals surface area contributed by atoms with Crippen molar-refractivity contribution in [1.82, 2.24) is 9.80 Å². The molecule has 2 saturated heterocycles. The summed E-state index contributed by atoms with van der Waals surface area (Å²) in [5, 5.41) is 9.96. The number of halogens is 4. The summed E-state index contributed by atoms with van der Waals surface area (Å²) in [7, 11) is 3.31. The number of carbonyl (C=O) groups is 3. The molecule has 3 amide bonds. The number of carbonyl (C=O) groups excluding carboxylic acids is 3. The fraction of sp³-hybridized carbons (Fsp3) is 0.583. The number of aliphatic hydroxyl groups excluding tert-OH is 1. The van der Waals surface area contributed by atoms with Gasteiger partial charge >= 0.3 is 57.6 Å². The molecule has 2 aliphatic rings. The van der Waals surface area contributed by atoms with Crippen molar-refractivity contribution in [2.75, 3.05) is 53.7 Å². The van der Waals surface area contributed by atoms with Crippen molar-refractivity contribution in [3.63, 3.8) is 0 Å². The average Bonchev–Trinajstić information content (AvgIpc) is 3.62. The van der Waals surface area contributed by atoms with Crippen LogP contribution in [0.2, 0.25) is 0 Å². The maximum atomic E-state index is 13.2. The quantitative estimate of drug-likeness (QED) is 0.217. The number of methoxy groups -OCH3 is 2. The fourth-order valence-corrected chi connectivity index (χ4v) is 6.04. The van der Waals surface area contributed by atoms with Gasteiger partial charge in [-0.05, 0) is 76.9 Å². The minimum atomic E-state index is -1.23. The Morgan fingerprint density at radius 1 is 0.722 bits per heavy atom. The summed E-state index contributed by atoms with van der Waals surface area (Å²) in [4.78, 5) is 38.0. The van der Waals surface area contributed by atoms with Crippen LogP contribution in [-0.2, 0) is 31.3 Å². The smallest absolute Gasteiger partial charge is 0.640 e. The zero-order valence-corrected chi connectivity index (χ0v) is 36.9. The number of nitrogens with zero attached hydrogens (tertiary/aromatic N) is 2. The molecule has 0 saturated carbocycles. The Morgan fingerprint density at radius 3 is 1.57 bits per heavy atom. The van der Waals surface area contributed by atoms with Crippen LogP contribution in [0.3, 0.4) is 0 Å². The Morgan fingerprint density at radius 2 is 1.15 bits per heavy atom. The average molecular weight is 799 g/mol. The molecular formula is C36H52AlF4N2NaO10. The first-order chi connectivity index (χ1) is 24.7. The molecule has 2 aliphatic heterocycles. The van der Waals surface area contributed by atoms with E-state index in [9.17, 15) is 37.1 Å². The standard InChI is InChI=1S/C15H19F2NO3.C15H17F2NO3.2C3H7O2.Al.Na.2H/c2*1-15(2,3)21-14(20)18-8-10(6-13(18)19)9-4-11(16)7-12(17)5-9;2*1-5-3-2-4;;;;/h4-5,7,10,13,19H,6,8H2,1-3H3;4-5,7,10H,6,8H2,1-3H3;2*2-3H2,1H3;;;;/q;;2*-1;2*+1;;/t10-,13?;10-;;;;;;/m00....../s1. The number of hydrogen-bond acceptors (Lipinski definition) is 10. The molecule has 1 unspecified atom stereocenters. The number of aliphatic hydroxyl groups is 1. The van der Waals surface area contributed by atoms with Gasteiger partial charge in [-0.2, -0.15) is 0 Å². The summed E-state index contributed by atoms with van der Waals surface area (Å²) in [5.41, 5.74) is -0.579. The van der Waals surface area contributed by atoms with Crippen LogP contribution in [-0.4, -0.2) is 120 Å². The molecule has 54 heavy (non-hydrogen) atoms. The Labute approximate surface area is 343 Å². The fourth-order valence-electron chi connectivity index (χ4n) is 5.20. The SMILES string of the molecule is CC(C)(C)OC(=O)N1C[C@@H](c2cc(F)cc(F)c2)CC1=O.CC(C)(C)OC(=O)N1C[C@@H](c2cc(F)cc(F)c2)CC1O.COCC[O][AlH2-][O]CCOC.[Na+]. The number of rotatable bonds is 10. The first-order valence-electron chi connectivity index (χ1n) is 17.2. The number of hydrogen-bond donors (Lipinski definition) is 1. The minimum Gasteiger partial charge on any atom is -0.640 e. The Hall–Kier alpha value is -2.30. The van der Waals surface area contributed by atoms with Gasteiger partial charge in [-0.1, -0.05) is 0 Å². The molecule has 0 spiro atoms. The molecule has 0 radical (unpaired) electrons. The molecule has 2 aromatic rings. The monoisotopic (exact) mass is 798 g/mol. The maximum absolute atomic E-state index is 13.2. The molecule has 1 N–H and O–H groups in total. The van der Waals surface area contributed by atoms with Crippen LogP contribution >= 0.6 is 0 Å². The van der Waals surface area contributed by atoms with E-state index in [2.05, 4.69) is 0 Å². The first kappa shape index (κ1) is 49.7. The molecule has 0 aliphatic carbocycles. The molecule has 3 atom stereocenters. The summed E-state index contributed by atoms with van der Waals surface area (Å²) in [6, 6.07) is 6.36. The van der Waals surface area contributed by atoms with Gasteiger partial charge in [-0.25, -0.2) is 32.1 Å². The van der Waals surface area contributed by atoms with Crippen molar-refractivity contribution >= 4 is 34.0 Å². The van der Waals surface area contributed by atoms with Crippen molar-refractivity contribution < 1.29 is 93.1 Å². The topological polar surface area (TPSA) is 133 Å². The molecule has 4 rings (SSSR count). The van der Waals surface area contributed by atoms with Crippen molar-refractivity contribution in [2.24, 2.45) is 0 Å². The maximum Gasteiger partial charge on any atom is 1.00 e. The minimum absolute atomic E-state index is 0. The van der Waals surface area contributed by atoms with Crippen LogP contribution in [0.5, 0.6) is 0 Å². The molecule has 2 heterocycles. The van der Waals surface area contributed by atoms with E-state index >= 15 is 0 Å². The van der Waals surface area contributed by atoms with E-state index in [1.165, 1.54) is 29.2 Å². The van der Waals surface area contributed by atoms with Crippen LogP contribution < -0.4 is 29.6 Å². The van der Waals surface area contributed by atoms with Gasteiger partial charge in [-0.15, -0.1) is 0 Å². The third-order valence-corrected chi connectivity index (χ3v) is 8.86. The Bertz CT molecular complexity index is 1450. The van der Waals surface area contributed by atoms with Crippen molar-refractivity contribution in [1.29, 1.82) is 0 Å². The number of amides is 3. The second-order valence-corrected chi connectivity index (χ2v) is 16.0. The second kappa shape index (κ2) is 23.7. The molecule has 2 aromatic carbocycles. The van der Waals surface area contributed by atoms with Gasteiger partial charge in [0.2, 0.25) is 5.91 Å². The van der Waals surface area contributed by atoms with E-state index in [4.69, 9.17) is 26.5 Å². The third kappa shape index (κ3) is 18.6. The Kier molecular flexibility index (Phi) is 21.8. The van der Waals surface area contributed by atoms with E-state index in [-0.39, 0.29) is 61.4 Å². The molecule has 0 aromatic heterocycles. The summed E-state index contributed by atoms with van der Waals surface area (Å²) >= 11 is -1.23. The van der Waals surface area contributed by atoms with Gasteiger partial charge in [0.05, 0.1) is 13.2 Å². The summed E-state index contributed by atoms with van der Waals surface area (Å²) < 4.78 is 83.3. The molecule has 0 bridgehead atoms. The second-order valence-electron chi connectivity index (χ2n) is 14.5.